The summed E-state index contributed by atoms with van der Waals surface area (Å²) >= 11 is 0. The SMILES string of the molecule is CC(=O)N1c2ccccc2C23CCN4CC(=CCO)C(CC42)C(C=O)C13. The van der Waals surface area contributed by atoms with Gasteiger partial charge in [-0.25, -0.2) is 0 Å². The lowest BCUT2D eigenvalue weighted by Gasteiger charge is -2.55. The maximum atomic E-state index is 12.7. The minimum absolute atomic E-state index is 0.00236. The lowest BCUT2D eigenvalue weighted by Crippen LogP contribution is -2.65. The van der Waals surface area contributed by atoms with Crippen LogP contribution in [0.4, 0.5) is 5.69 Å². The predicted molar refractivity (Wildman–Crippen MR) is 97.9 cm³/mol. The fraction of sp³-hybridized carbons (Fsp3) is 0.524. The van der Waals surface area contributed by atoms with Gasteiger partial charge in [-0.1, -0.05) is 29.8 Å². The van der Waals surface area contributed by atoms with E-state index in [0.29, 0.717) is 6.04 Å². The van der Waals surface area contributed by atoms with E-state index in [4.69, 9.17) is 0 Å². The van der Waals surface area contributed by atoms with Gasteiger partial charge in [0, 0.05) is 36.5 Å². The number of aliphatic hydroxyl groups is 1. The van der Waals surface area contributed by atoms with Crippen molar-refractivity contribution in [1.29, 1.82) is 0 Å². The second kappa shape index (κ2) is 5.51. The van der Waals surface area contributed by atoms with Gasteiger partial charge < -0.3 is 14.8 Å². The van der Waals surface area contributed by atoms with Crippen molar-refractivity contribution in [2.24, 2.45) is 11.8 Å². The molecule has 2 saturated heterocycles. The highest BCUT2D eigenvalue weighted by atomic mass is 16.2. The number of hydrogen-bond acceptors (Lipinski definition) is 4. The van der Waals surface area contributed by atoms with E-state index in [-0.39, 0.29) is 35.8 Å². The molecule has 1 spiro atoms. The van der Waals surface area contributed by atoms with E-state index in [1.165, 1.54) is 5.56 Å². The number of hydrogen-bond donors (Lipinski definition) is 1. The molecule has 3 heterocycles. The van der Waals surface area contributed by atoms with Gasteiger partial charge in [0.2, 0.25) is 5.91 Å². The van der Waals surface area contributed by atoms with Crippen molar-refractivity contribution < 1.29 is 14.7 Å². The summed E-state index contributed by atoms with van der Waals surface area (Å²) in [6.07, 6.45) is 4.87. The van der Waals surface area contributed by atoms with Crippen LogP contribution in [-0.4, -0.2) is 54.0 Å². The zero-order chi connectivity index (χ0) is 18.1. The molecular formula is C21H24N2O3. The van der Waals surface area contributed by atoms with Gasteiger partial charge in [0.25, 0.3) is 0 Å². The number of rotatable bonds is 2. The molecule has 1 N–H and O–H groups in total. The number of aliphatic hydroxyl groups excluding tert-OH is 1. The number of carbonyl (C=O) groups excluding carboxylic acids is 2. The molecule has 3 fully saturated rings. The number of amides is 1. The van der Waals surface area contributed by atoms with Gasteiger partial charge in [0.1, 0.15) is 6.29 Å². The highest BCUT2D eigenvalue weighted by Gasteiger charge is 2.67. The van der Waals surface area contributed by atoms with E-state index >= 15 is 0 Å². The van der Waals surface area contributed by atoms with Gasteiger partial charge in [-0.2, -0.15) is 0 Å². The molecule has 5 atom stereocenters. The number of anilines is 1. The second-order valence-electron chi connectivity index (χ2n) is 8.14. The van der Waals surface area contributed by atoms with Crippen LogP contribution in [0.1, 0.15) is 25.3 Å². The Morgan fingerprint density at radius 3 is 2.92 bits per heavy atom. The molecule has 5 nitrogen and oxygen atoms in total. The van der Waals surface area contributed by atoms with Crippen molar-refractivity contribution in [2.45, 2.75) is 37.3 Å². The fourth-order valence-electron chi connectivity index (χ4n) is 6.55. The Labute approximate surface area is 153 Å². The summed E-state index contributed by atoms with van der Waals surface area (Å²) in [6, 6.07) is 8.47. The van der Waals surface area contributed by atoms with Gasteiger partial charge in [-0.05, 0) is 36.9 Å². The quantitative estimate of drug-likeness (QED) is 0.647. The first-order valence-corrected chi connectivity index (χ1v) is 9.52. The first-order valence-electron chi connectivity index (χ1n) is 9.52. The summed E-state index contributed by atoms with van der Waals surface area (Å²) in [4.78, 5) is 29.4. The van der Waals surface area contributed by atoms with Crippen molar-refractivity contribution in [3.8, 4) is 0 Å². The topological polar surface area (TPSA) is 60.9 Å². The summed E-state index contributed by atoms with van der Waals surface area (Å²) in [5.74, 6) is -0.0915. The van der Waals surface area contributed by atoms with Crippen LogP contribution in [-0.2, 0) is 15.0 Å². The summed E-state index contributed by atoms with van der Waals surface area (Å²) in [5, 5.41) is 9.46. The Bertz CT molecular complexity index is 819. The van der Waals surface area contributed by atoms with E-state index < -0.39 is 0 Å². The van der Waals surface area contributed by atoms with Gasteiger partial charge in [0.15, 0.2) is 0 Å². The summed E-state index contributed by atoms with van der Waals surface area (Å²) in [5.41, 5.74) is 3.25. The van der Waals surface area contributed by atoms with Crippen LogP contribution in [0.2, 0.25) is 0 Å². The number of carbonyl (C=O) groups is 2. The lowest BCUT2D eigenvalue weighted by atomic mass is 9.55. The molecule has 2 bridgehead atoms. The molecule has 0 aromatic heterocycles. The fourth-order valence-corrected chi connectivity index (χ4v) is 6.55. The highest BCUT2D eigenvalue weighted by molar-refractivity contribution is 5.97. The van der Waals surface area contributed by atoms with Crippen LogP contribution in [0.5, 0.6) is 0 Å². The zero-order valence-corrected chi connectivity index (χ0v) is 15.0. The molecule has 1 aromatic carbocycles. The monoisotopic (exact) mass is 352 g/mol. The Kier molecular flexibility index (Phi) is 3.43. The smallest absolute Gasteiger partial charge is 0.224 e. The number of piperidine rings is 1. The Morgan fingerprint density at radius 1 is 1.38 bits per heavy atom. The molecule has 1 aromatic rings. The van der Waals surface area contributed by atoms with Crippen molar-refractivity contribution >= 4 is 17.9 Å². The van der Waals surface area contributed by atoms with Crippen molar-refractivity contribution in [3.63, 3.8) is 0 Å². The minimum atomic E-state index is -0.222. The molecule has 136 valence electrons. The van der Waals surface area contributed by atoms with Crippen molar-refractivity contribution in [3.05, 3.63) is 41.5 Å². The number of benzene rings is 1. The van der Waals surface area contributed by atoms with Gasteiger partial charge in [0.05, 0.1) is 12.6 Å². The maximum absolute atomic E-state index is 12.7. The van der Waals surface area contributed by atoms with E-state index in [1.807, 2.05) is 23.1 Å². The number of fused-ring (bicyclic) bond motifs is 2. The maximum Gasteiger partial charge on any atom is 0.224 e. The zero-order valence-electron chi connectivity index (χ0n) is 15.0. The molecule has 5 heteroatoms. The van der Waals surface area contributed by atoms with Crippen LogP contribution in [0.25, 0.3) is 0 Å². The molecule has 4 aliphatic rings. The predicted octanol–water partition coefficient (Wildman–Crippen LogP) is 1.50. The summed E-state index contributed by atoms with van der Waals surface area (Å²) in [7, 11) is 0. The number of para-hydroxylation sites is 1. The highest BCUT2D eigenvalue weighted by Crippen LogP contribution is 2.62. The molecule has 1 saturated carbocycles. The normalized spacial score (nSPS) is 39.0. The van der Waals surface area contributed by atoms with Crippen LogP contribution in [0, 0.1) is 11.8 Å². The van der Waals surface area contributed by atoms with Crippen LogP contribution in [0.3, 0.4) is 0 Å². The Morgan fingerprint density at radius 2 is 2.19 bits per heavy atom. The average molecular weight is 352 g/mol. The molecule has 3 aliphatic heterocycles. The standard InChI is InChI=1S/C21H24N2O3/c1-13(26)23-18-5-3-2-4-17(18)21-7-8-22-11-14(6-9-24)15(10-19(21)22)16(12-25)20(21)23/h2-6,12,15-16,19-20,24H,7-11H2,1H3. The molecule has 26 heavy (non-hydrogen) atoms. The van der Waals surface area contributed by atoms with Gasteiger partial charge in [-0.3, -0.25) is 9.69 Å². The molecular weight excluding hydrogens is 328 g/mol. The van der Waals surface area contributed by atoms with Crippen LogP contribution in [0.15, 0.2) is 35.9 Å². The third-order valence-corrected chi connectivity index (χ3v) is 7.34. The summed E-state index contributed by atoms with van der Waals surface area (Å²) < 4.78 is 0. The first kappa shape index (κ1) is 16.2. The van der Waals surface area contributed by atoms with E-state index in [1.54, 1.807) is 6.92 Å². The van der Waals surface area contributed by atoms with E-state index in [9.17, 15) is 14.7 Å². The largest absolute Gasteiger partial charge is 0.392 e. The van der Waals surface area contributed by atoms with Gasteiger partial charge >= 0.3 is 0 Å². The Hall–Kier alpha value is -1.98. The lowest BCUT2D eigenvalue weighted by molar-refractivity contribution is -0.120. The number of aldehydes is 1. The molecule has 1 amide bonds. The molecule has 5 unspecified atom stereocenters. The molecule has 1 aliphatic carbocycles. The third-order valence-electron chi connectivity index (χ3n) is 7.34. The van der Waals surface area contributed by atoms with E-state index in [0.717, 1.165) is 43.5 Å². The van der Waals surface area contributed by atoms with Crippen LogP contribution >= 0.6 is 0 Å². The first-order chi connectivity index (χ1) is 12.6. The van der Waals surface area contributed by atoms with Crippen molar-refractivity contribution in [2.75, 3.05) is 24.6 Å². The van der Waals surface area contributed by atoms with Crippen molar-refractivity contribution in [1.82, 2.24) is 4.90 Å². The van der Waals surface area contributed by atoms with E-state index in [2.05, 4.69) is 17.0 Å². The number of nitrogens with zero attached hydrogens (tertiary/aromatic N) is 2. The third kappa shape index (κ3) is 1.78. The van der Waals surface area contributed by atoms with Gasteiger partial charge in [-0.15, -0.1) is 0 Å². The summed E-state index contributed by atoms with van der Waals surface area (Å²) in [6.45, 7) is 3.42. The average Bonchev–Trinajstić information content (AvgIpc) is 3.17. The van der Waals surface area contributed by atoms with Crippen LogP contribution < -0.4 is 4.90 Å². The molecule has 0 radical (unpaired) electrons. The second-order valence-corrected chi connectivity index (χ2v) is 8.14. The molecule has 5 rings (SSSR count). The minimum Gasteiger partial charge on any atom is -0.392 e. The Balaban J connectivity index is 1.75.